The first kappa shape index (κ1) is 11.9. The molecule has 0 unspecified atom stereocenters. The SMILES string of the molecule is CSc1nnc(-c2ccc(C)c(C)c2)c(=O)[nH]1. The van der Waals surface area contributed by atoms with Crippen LogP contribution in [0.4, 0.5) is 0 Å². The fourth-order valence-electron chi connectivity index (χ4n) is 1.49. The third kappa shape index (κ3) is 2.39. The lowest BCUT2D eigenvalue weighted by Gasteiger charge is -2.03. The summed E-state index contributed by atoms with van der Waals surface area (Å²) in [6.07, 6.45) is 1.84. The summed E-state index contributed by atoms with van der Waals surface area (Å²) in [5.41, 5.74) is 3.30. The lowest BCUT2D eigenvalue weighted by molar-refractivity contribution is 0.826. The average Bonchev–Trinajstić information content (AvgIpc) is 2.32. The summed E-state index contributed by atoms with van der Waals surface area (Å²) in [6, 6.07) is 5.82. The first-order valence-corrected chi connectivity index (χ1v) is 6.43. The standard InChI is InChI=1S/C12H13N3OS/c1-7-4-5-9(6-8(7)2)10-11(16)13-12(17-3)15-14-10/h4-6H,1-3H3,(H,13,15,16). The van der Waals surface area contributed by atoms with Crippen LogP contribution in [-0.2, 0) is 0 Å². The Kier molecular flexibility index (Phi) is 3.28. The van der Waals surface area contributed by atoms with Crippen molar-refractivity contribution in [3.05, 3.63) is 39.7 Å². The van der Waals surface area contributed by atoms with Crippen LogP contribution in [0.5, 0.6) is 0 Å². The van der Waals surface area contributed by atoms with Gasteiger partial charge in [0.1, 0.15) is 0 Å². The van der Waals surface area contributed by atoms with Gasteiger partial charge >= 0.3 is 0 Å². The van der Waals surface area contributed by atoms with Gasteiger partial charge in [0.2, 0.25) is 0 Å². The number of aromatic nitrogens is 3. The van der Waals surface area contributed by atoms with Crippen LogP contribution in [0.25, 0.3) is 11.3 Å². The van der Waals surface area contributed by atoms with E-state index in [2.05, 4.69) is 15.2 Å². The van der Waals surface area contributed by atoms with Gasteiger partial charge in [-0.3, -0.25) is 9.78 Å². The molecule has 2 aromatic rings. The van der Waals surface area contributed by atoms with E-state index in [1.165, 1.54) is 17.3 Å². The summed E-state index contributed by atoms with van der Waals surface area (Å²) in [6.45, 7) is 4.04. The number of hydrogen-bond donors (Lipinski definition) is 1. The Balaban J connectivity index is 2.53. The van der Waals surface area contributed by atoms with Gasteiger partial charge in [0, 0.05) is 5.56 Å². The average molecular weight is 247 g/mol. The lowest BCUT2D eigenvalue weighted by atomic mass is 10.0. The first-order chi connectivity index (χ1) is 8.11. The highest BCUT2D eigenvalue weighted by atomic mass is 32.2. The molecule has 2 rings (SSSR count). The minimum Gasteiger partial charge on any atom is -0.298 e. The molecule has 0 aliphatic heterocycles. The van der Waals surface area contributed by atoms with E-state index in [9.17, 15) is 4.79 Å². The van der Waals surface area contributed by atoms with Gasteiger partial charge in [0.15, 0.2) is 10.9 Å². The van der Waals surface area contributed by atoms with Gasteiger partial charge in [0.05, 0.1) is 0 Å². The molecule has 1 heterocycles. The largest absolute Gasteiger partial charge is 0.298 e. The molecule has 0 spiro atoms. The number of nitrogens with zero attached hydrogens (tertiary/aromatic N) is 2. The Hall–Kier alpha value is -1.62. The van der Waals surface area contributed by atoms with E-state index in [4.69, 9.17) is 0 Å². The smallest absolute Gasteiger partial charge is 0.278 e. The molecule has 0 aliphatic carbocycles. The van der Waals surface area contributed by atoms with E-state index in [1.807, 2.05) is 38.3 Å². The molecule has 5 heteroatoms. The van der Waals surface area contributed by atoms with Gasteiger partial charge in [-0.1, -0.05) is 23.9 Å². The maximum absolute atomic E-state index is 11.8. The van der Waals surface area contributed by atoms with Gasteiger partial charge in [-0.25, -0.2) is 0 Å². The molecule has 0 aliphatic rings. The number of H-pyrrole nitrogens is 1. The van der Waals surface area contributed by atoms with Crippen molar-refractivity contribution in [2.24, 2.45) is 0 Å². The predicted molar refractivity (Wildman–Crippen MR) is 69.3 cm³/mol. The van der Waals surface area contributed by atoms with E-state index in [0.717, 1.165) is 11.1 Å². The second-order valence-electron chi connectivity index (χ2n) is 3.81. The maximum atomic E-state index is 11.8. The summed E-state index contributed by atoms with van der Waals surface area (Å²) >= 11 is 1.36. The highest BCUT2D eigenvalue weighted by Gasteiger charge is 2.07. The molecule has 1 aromatic carbocycles. The summed E-state index contributed by atoms with van der Waals surface area (Å²) in [4.78, 5) is 14.5. The monoisotopic (exact) mass is 247 g/mol. The second kappa shape index (κ2) is 4.71. The molecule has 0 fully saturated rings. The number of hydrogen-bond acceptors (Lipinski definition) is 4. The lowest BCUT2D eigenvalue weighted by Crippen LogP contribution is -2.14. The molecule has 0 atom stereocenters. The topological polar surface area (TPSA) is 58.6 Å². The quantitative estimate of drug-likeness (QED) is 0.826. The van der Waals surface area contributed by atoms with Crippen LogP contribution in [0.15, 0.2) is 28.2 Å². The number of rotatable bonds is 2. The molecular weight excluding hydrogens is 234 g/mol. The molecular formula is C12H13N3OS. The van der Waals surface area contributed by atoms with Gasteiger partial charge in [-0.05, 0) is 37.3 Å². The zero-order chi connectivity index (χ0) is 12.4. The third-order valence-corrected chi connectivity index (χ3v) is 3.22. The van der Waals surface area contributed by atoms with Gasteiger partial charge in [0.25, 0.3) is 5.56 Å². The highest BCUT2D eigenvalue weighted by Crippen LogP contribution is 2.17. The zero-order valence-corrected chi connectivity index (χ0v) is 10.8. The molecule has 0 bridgehead atoms. The number of aromatic amines is 1. The summed E-state index contributed by atoms with van der Waals surface area (Å²) < 4.78 is 0. The Bertz CT molecular complexity index is 607. The van der Waals surface area contributed by atoms with Crippen LogP contribution in [0.3, 0.4) is 0 Å². The fourth-order valence-corrected chi connectivity index (χ4v) is 1.81. The minimum atomic E-state index is -0.201. The van der Waals surface area contributed by atoms with Crippen LogP contribution in [0.1, 0.15) is 11.1 Å². The van der Waals surface area contributed by atoms with Crippen molar-refractivity contribution in [2.75, 3.05) is 6.26 Å². The third-order valence-electron chi connectivity index (χ3n) is 2.65. The second-order valence-corrected chi connectivity index (χ2v) is 4.61. The molecule has 1 N–H and O–H groups in total. The van der Waals surface area contributed by atoms with E-state index < -0.39 is 0 Å². The van der Waals surface area contributed by atoms with Crippen LogP contribution in [-0.4, -0.2) is 21.4 Å². The number of thioether (sulfide) groups is 1. The fraction of sp³-hybridized carbons (Fsp3) is 0.250. The van der Waals surface area contributed by atoms with Gasteiger partial charge < -0.3 is 0 Å². The number of nitrogens with one attached hydrogen (secondary N) is 1. The van der Waals surface area contributed by atoms with Crippen molar-refractivity contribution in [1.82, 2.24) is 15.2 Å². The zero-order valence-electron chi connectivity index (χ0n) is 9.94. The van der Waals surface area contributed by atoms with Crippen molar-refractivity contribution in [3.8, 4) is 11.3 Å². The van der Waals surface area contributed by atoms with Crippen molar-refractivity contribution in [2.45, 2.75) is 19.0 Å². The predicted octanol–water partition coefficient (Wildman–Crippen LogP) is 2.17. The molecule has 0 saturated carbocycles. The molecule has 17 heavy (non-hydrogen) atoms. The molecule has 4 nitrogen and oxygen atoms in total. The van der Waals surface area contributed by atoms with Crippen LogP contribution < -0.4 is 5.56 Å². The Morgan fingerprint density at radius 1 is 1.18 bits per heavy atom. The maximum Gasteiger partial charge on any atom is 0.278 e. The Labute approximate surface area is 103 Å². The van der Waals surface area contributed by atoms with Crippen LogP contribution in [0, 0.1) is 13.8 Å². The van der Waals surface area contributed by atoms with E-state index >= 15 is 0 Å². The normalized spacial score (nSPS) is 10.5. The first-order valence-electron chi connectivity index (χ1n) is 5.20. The van der Waals surface area contributed by atoms with E-state index in [0.29, 0.717) is 10.9 Å². The molecule has 0 radical (unpaired) electrons. The van der Waals surface area contributed by atoms with Gasteiger partial charge in [-0.2, -0.15) is 0 Å². The Morgan fingerprint density at radius 3 is 2.53 bits per heavy atom. The van der Waals surface area contributed by atoms with E-state index in [-0.39, 0.29) is 5.56 Å². The van der Waals surface area contributed by atoms with Gasteiger partial charge in [-0.15, -0.1) is 10.2 Å². The number of aryl methyl sites for hydroxylation is 2. The summed E-state index contributed by atoms with van der Waals surface area (Å²) in [5.74, 6) is 0. The van der Waals surface area contributed by atoms with Crippen molar-refractivity contribution >= 4 is 11.8 Å². The van der Waals surface area contributed by atoms with Crippen molar-refractivity contribution in [3.63, 3.8) is 0 Å². The summed E-state index contributed by atoms with van der Waals surface area (Å²) in [7, 11) is 0. The Morgan fingerprint density at radius 2 is 1.94 bits per heavy atom. The highest BCUT2D eigenvalue weighted by molar-refractivity contribution is 7.98. The summed E-state index contributed by atoms with van der Waals surface area (Å²) in [5, 5.41) is 8.45. The molecule has 0 amide bonds. The van der Waals surface area contributed by atoms with Crippen LogP contribution >= 0.6 is 11.8 Å². The molecule has 1 aromatic heterocycles. The van der Waals surface area contributed by atoms with E-state index in [1.54, 1.807) is 0 Å². The van der Waals surface area contributed by atoms with Crippen molar-refractivity contribution < 1.29 is 0 Å². The minimum absolute atomic E-state index is 0.201. The number of benzene rings is 1. The van der Waals surface area contributed by atoms with Crippen LogP contribution in [0.2, 0.25) is 0 Å². The molecule has 0 saturated heterocycles. The van der Waals surface area contributed by atoms with Crippen molar-refractivity contribution in [1.29, 1.82) is 0 Å². The molecule has 88 valence electrons.